The van der Waals surface area contributed by atoms with Crippen molar-refractivity contribution < 1.29 is 0 Å². The lowest BCUT2D eigenvalue weighted by Crippen LogP contribution is -2.30. The van der Waals surface area contributed by atoms with E-state index in [0.29, 0.717) is 16.4 Å². The van der Waals surface area contributed by atoms with Crippen molar-refractivity contribution in [3.8, 4) is 0 Å². The Balaban J connectivity index is 1.74. The first-order valence-corrected chi connectivity index (χ1v) is 6.30. The first-order chi connectivity index (χ1) is 9.24. The summed E-state index contributed by atoms with van der Waals surface area (Å²) in [4.78, 5) is 8.17. The van der Waals surface area contributed by atoms with Gasteiger partial charge in [-0.3, -0.25) is 4.98 Å². The van der Waals surface area contributed by atoms with Crippen LogP contribution in [0.15, 0.2) is 42.9 Å². The number of pyridine rings is 2. The number of hydrogen-bond donors (Lipinski definition) is 2. The molecule has 0 saturated heterocycles. The third-order valence-corrected chi connectivity index (χ3v) is 2.70. The molecule has 19 heavy (non-hydrogen) atoms. The monoisotopic (exact) mass is 268 g/mol. The molecule has 2 aromatic rings. The van der Waals surface area contributed by atoms with Crippen LogP contribution in [0.2, 0.25) is 0 Å². The summed E-state index contributed by atoms with van der Waals surface area (Å²) in [6, 6.07) is 7.51. The molecule has 0 aliphatic carbocycles. The largest absolute Gasteiger partial charge is 0.362 e. The first kappa shape index (κ1) is 13.5. The summed E-state index contributed by atoms with van der Waals surface area (Å²) in [5.74, 6) is 0.674. The number of nitrogens with zero attached hydrogens (tertiary/aromatic N) is 2. The second kappa shape index (κ2) is 6.85. The molecule has 2 heterocycles. The molecule has 0 unspecified atom stereocenters. The molecule has 2 rings (SSSR count). The zero-order valence-corrected chi connectivity index (χ0v) is 11.2. The molecule has 4 nitrogen and oxygen atoms in total. The summed E-state index contributed by atoms with van der Waals surface area (Å²) in [5.41, 5.74) is 1.80. The van der Waals surface area contributed by atoms with E-state index in [4.69, 9.17) is 20.1 Å². The van der Waals surface area contributed by atoms with Crippen molar-refractivity contribution in [1.82, 2.24) is 15.3 Å². The van der Waals surface area contributed by atoms with E-state index in [2.05, 4.69) is 20.6 Å². The molecule has 0 aliphatic rings. The van der Waals surface area contributed by atoms with Gasteiger partial charge in [-0.05, 0) is 36.3 Å². The smallest absolute Gasteiger partial charge is 0.171 e. The Morgan fingerprint density at radius 2 is 2.16 bits per heavy atom. The van der Waals surface area contributed by atoms with E-state index in [1.807, 2.05) is 18.3 Å². The van der Waals surface area contributed by atoms with Crippen molar-refractivity contribution in [2.75, 3.05) is 11.9 Å². The SMILES string of the molecule is [B]c1ccc(NC(=S)NCCc2cccnc2)nc1. The number of anilines is 1. The van der Waals surface area contributed by atoms with Gasteiger partial charge in [-0.2, -0.15) is 0 Å². The van der Waals surface area contributed by atoms with Gasteiger partial charge in [0.15, 0.2) is 5.11 Å². The molecular weight excluding hydrogens is 255 g/mol. The number of hydrogen-bond acceptors (Lipinski definition) is 3. The Morgan fingerprint density at radius 1 is 1.26 bits per heavy atom. The van der Waals surface area contributed by atoms with E-state index >= 15 is 0 Å². The van der Waals surface area contributed by atoms with Gasteiger partial charge in [0.1, 0.15) is 13.7 Å². The fraction of sp³-hybridized carbons (Fsp3) is 0.154. The van der Waals surface area contributed by atoms with Crippen LogP contribution in [0.3, 0.4) is 0 Å². The van der Waals surface area contributed by atoms with Gasteiger partial charge in [-0.1, -0.05) is 17.6 Å². The lowest BCUT2D eigenvalue weighted by molar-refractivity contribution is 0.868. The summed E-state index contributed by atoms with van der Waals surface area (Å²) < 4.78 is 0. The molecule has 0 saturated carbocycles. The van der Waals surface area contributed by atoms with Crippen molar-refractivity contribution in [3.63, 3.8) is 0 Å². The first-order valence-electron chi connectivity index (χ1n) is 5.89. The molecule has 0 atom stereocenters. The van der Waals surface area contributed by atoms with Crippen LogP contribution in [0.1, 0.15) is 5.56 Å². The van der Waals surface area contributed by atoms with Gasteiger partial charge >= 0.3 is 0 Å². The Hall–Kier alpha value is -1.95. The summed E-state index contributed by atoms with van der Waals surface area (Å²) in [6.07, 6.45) is 6.06. The van der Waals surface area contributed by atoms with Crippen LogP contribution in [-0.4, -0.2) is 29.5 Å². The molecule has 0 spiro atoms. The molecule has 0 amide bonds. The number of rotatable bonds is 4. The van der Waals surface area contributed by atoms with Crippen LogP contribution in [0, 0.1) is 0 Å². The Kier molecular flexibility index (Phi) is 4.86. The van der Waals surface area contributed by atoms with Crippen LogP contribution >= 0.6 is 12.2 Å². The van der Waals surface area contributed by atoms with E-state index in [9.17, 15) is 0 Å². The third kappa shape index (κ3) is 4.67. The van der Waals surface area contributed by atoms with Crippen LogP contribution in [0.25, 0.3) is 0 Å². The van der Waals surface area contributed by atoms with Crippen molar-refractivity contribution in [2.24, 2.45) is 0 Å². The third-order valence-electron chi connectivity index (χ3n) is 2.45. The molecule has 0 fully saturated rings. The second-order valence-corrected chi connectivity index (χ2v) is 4.38. The summed E-state index contributed by atoms with van der Waals surface area (Å²) in [5, 5.41) is 6.65. The van der Waals surface area contributed by atoms with Gasteiger partial charge in [0.2, 0.25) is 0 Å². The standard InChI is InChI=1S/C13H13BN4S/c14-11-3-4-12(17-9-11)18-13(19)16-7-5-10-2-1-6-15-8-10/h1-4,6,8-9H,5,7H2,(H2,16,17,18,19). The van der Waals surface area contributed by atoms with E-state index in [1.54, 1.807) is 24.5 Å². The second-order valence-electron chi connectivity index (χ2n) is 3.97. The lowest BCUT2D eigenvalue weighted by Gasteiger charge is -2.09. The highest BCUT2D eigenvalue weighted by Gasteiger charge is 1.98. The van der Waals surface area contributed by atoms with Crippen LogP contribution in [0.4, 0.5) is 5.82 Å². The minimum Gasteiger partial charge on any atom is -0.362 e. The van der Waals surface area contributed by atoms with Crippen molar-refractivity contribution >= 4 is 36.5 Å². The highest BCUT2D eigenvalue weighted by Crippen LogP contribution is 1.98. The van der Waals surface area contributed by atoms with Crippen molar-refractivity contribution in [3.05, 3.63) is 48.4 Å². The lowest BCUT2D eigenvalue weighted by atomic mass is 9.99. The fourth-order valence-corrected chi connectivity index (χ4v) is 1.71. The van der Waals surface area contributed by atoms with Crippen LogP contribution in [0.5, 0.6) is 0 Å². The average molecular weight is 268 g/mol. The maximum absolute atomic E-state index is 5.56. The quantitative estimate of drug-likeness (QED) is 0.634. The normalized spacial score (nSPS) is 9.89. The maximum atomic E-state index is 5.56. The number of thiocarbonyl (C=S) groups is 1. The van der Waals surface area contributed by atoms with E-state index in [-0.39, 0.29) is 0 Å². The molecule has 94 valence electrons. The minimum absolute atomic E-state index is 0.543. The van der Waals surface area contributed by atoms with Gasteiger partial charge in [0.05, 0.1) is 0 Å². The number of aromatic nitrogens is 2. The predicted octanol–water partition coefficient (Wildman–Crippen LogP) is 0.800. The topological polar surface area (TPSA) is 49.8 Å². The molecular formula is C13H13BN4S. The molecule has 0 aromatic carbocycles. The molecule has 0 bridgehead atoms. The highest BCUT2D eigenvalue weighted by molar-refractivity contribution is 7.80. The highest BCUT2D eigenvalue weighted by atomic mass is 32.1. The van der Waals surface area contributed by atoms with Crippen molar-refractivity contribution in [2.45, 2.75) is 6.42 Å². The fourth-order valence-electron chi connectivity index (χ4n) is 1.51. The predicted molar refractivity (Wildman–Crippen MR) is 81.8 cm³/mol. The molecule has 0 aliphatic heterocycles. The Bertz CT molecular complexity index is 530. The minimum atomic E-state index is 0.543. The summed E-state index contributed by atoms with van der Waals surface area (Å²) in [7, 11) is 5.56. The van der Waals surface area contributed by atoms with E-state index in [0.717, 1.165) is 13.0 Å². The van der Waals surface area contributed by atoms with Crippen LogP contribution < -0.4 is 16.1 Å². The summed E-state index contributed by atoms with van der Waals surface area (Å²) >= 11 is 5.18. The Labute approximate surface area is 119 Å². The zero-order valence-electron chi connectivity index (χ0n) is 10.3. The van der Waals surface area contributed by atoms with Gasteiger partial charge in [-0.15, -0.1) is 0 Å². The van der Waals surface area contributed by atoms with E-state index in [1.165, 1.54) is 5.56 Å². The van der Waals surface area contributed by atoms with Gasteiger partial charge in [0.25, 0.3) is 0 Å². The molecule has 2 radical (unpaired) electrons. The molecule has 2 aromatic heterocycles. The van der Waals surface area contributed by atoms with Gasteiger partial charge in [-0.25, -0.2) is 4.98 Å². The zero-order chi connectivity index (χ0) is 13.5. The maximum Gasteiger partial charge on any atom is 0.171 e. The van der Waals surface area contributed by atoms with Crippen molar-refractivity contribution in [1.29, 1.82) is 0 Å². The molecule has 6 heteroatoms. The Morgan fingerprint density at radius 3 is 2.84 bits per heavy atom. The number of nitrogens with one attached hydrogen (secondary N) is 2. The average Bonchev–Trinajstić information content (AvgIpc) is 2.43. The molecule has 2 N–H and O–H groups in total. The van der Waals surface area contributed by atoms with Gasteiger partial charge in [0, 0.05) is 25.1 Å². The van der Waals surface area contributed by atoms with Gasteiger partial charge < -0.3 is 10.6 Å². The van der Waals surface area contributed by atoms with E-state index < -0.39 is 0 Å². The summed E-state index contributed by atoms with van der Waals surface area (Å²) in [6.45, 7) is 0.743. The van der Waals surface area contributed by atoms with Crippen LogP contribution in [-0.2, 0) is 6.42 Å².